The second-order valence-electron chi connectivity index (χ2n) is 12.4. The largest absolute Gasteiger partial charge is 0.374 e. The number of fused-ring (bicyclic) bond motifs is 1. The van der Waals surface area contributed by atoms with Gasteiger partial charge in [-0.25, -0.2) is 18.2 Å². The van der Waals surface area contributed by atoms with E-state index in [4.69, 9.17) is 9.72 Å². The highest BCUT2D eigenvalue weighted by molar-refractivity contribution is 5.88. The summed E-state index contributed by atoms with van der Waals surface area (Å²) in [4.78, 5) is 23.5. The number of likely N-dealkylation sites (N-methyl/N-ethyl adjacent to an activating group) is 2. The molecule has 2 aromatic rings. The molecule has 2 saturated heterocycles. The monoisotopic (exact) mass is 611 g/mol. The second-order valence-corrected chi connectivity index (χ2v) is 12.4. The van der Waals surface area contributed by atoms with Gasteiger partial charge in [0.25, 0.3) is 6.43 Å². The normalized spacial score (nSPS) is 21.1. The number of carbonyl (C=O) groups is 1. The molecule has 238 valence electrons. The number of nitrogens with one attached hydrogen (secondary N) is 1. The minimum atomic E-state index is -2.90. The van der Waals surface area contributed by atoms with Gasteiger partial charge in [0, 0.05) is 69.1 Å². The number of amides is 1. The maximum absolute atomic E-state index is 15.2. The van der Waals surface area contributed by atoms with Gasteiger partial charge in [0.1, 0.15) is 11.6 Å². The van der Waals surface area contributed by atoms with Gasteiger partial charge in [0.15, 0.2) is 0 Å². The van der Waals surface area contributed by atoms with Crippen LogP contribution >= 0.6 is 0 Å². The Labute approximate surface area is 258 Å². The van der Waals surface area contributed by atoms with E-state index < -0.39 is 29.4 Å². The van der Waals surface area contributed by atoms with E-state index in [-0.39, 0.29) is 11.5 Å². The van der Waals surface area contributed by atoms with E-state index >= 15 is 4.39 Å². The molecule has 0 aliphatic carbocycles. The summed E-state index contributed by atoms with van der Waals surface area (Å²) in [5.74, 6) is -0.293. The summed E-state index contributed by atoms with van der Waals surface area (Å²) in [6.45, 7) is 8.23. The van der Waals surface area contributed by atoms with Crippen LogP contribution < -0.4 is 10.2 Å². The van der Waals surface area contributed by atoms with Crippen LogP contribution in [0.3, 0.4) is 0 Å². The molecule has 3 aliphatic rings. The zero-order valence-electron chi connectivity index (χ0n) is 26.6. The van der Waals surface area contributed by atoms with Gasteiger partial charge < -0.3 is 19.9 Å². The molecule has 1 amide bonds. The Kier molecular flexibility index (Phi) is 9.41. The Morgan fingerprint density at radius 1 is 1.18 bits per heavy atom. The molecule has 4 heterocycles. The number of alkyl halides is 2. The molecule has 0 bridgehead atoms. The molecule has 2 atom stereocenters. The number of piperidine rings is 1. The van der Waals surface area contributed by atoms with Gasteiger partial charge in [-0.1, -0.05) is 30.4 Å². The summed E-state index contributed by atoms with van der Waals surface area (Å²) in [7, 11) is 5.92. The Morgan fingerprint density at radius 2 is 1.89 bits per heavy atom. The van der Waals surface area contributed by atoms with Crippen LogP contribution in [0.2, 0.25) is 0 Å². The molecule has 2 fully saturated rings. The number of carbonyl (C=O) groups excluding carboxylic acids is 1. The summed E-state index contributed by atoms with van der Waals surface area (Å²) in [6, 6.07) is 3.84. The number of hydrogen-bond acceptors (Lipinski definition) is 6. The van der Waals surface area contributed by atoms with Crippen molar-refractivity contribution in [1.82, 2.24) is 14.8 Å². The molecule has 0 radical (unpaired) electrons. The van der Waals surface area contributed by atoms with E-state index in [9.17, 15) is 13.6 Å². The number of rotatable bonds is 8. The Bertz CT molecular complexity index is 1450. The van der Waals surface area contributed by atoms with E-state index in [2.05, 4.69) is 47.4 Å². The molecular weight excluding hydrogens is 567 g/mol. The molecule has 0 unspecified atom stereocenters. The fourth-order valence-corrected chi connectivity index (χ4v) is 6.98. The lowest BCUT2D eigenvalue weighted by atomic mass is 9.80. The van der Waals surface area contributed by atoms with Crippen LogP contribution in [0.15, 0.2) is 29.8 Å². The third-order valence-corrected chi connectivity index (χ3v) is 9.71. The van der Waals surface area contributed by atoms with Crippen molar-refractivity contribution in [3.05, 3.63) is 63.6 Å². The maximum atomic E-state index is 15.2. The van der Waals surface area contributed by atoms with Crippen LogP contribution in [-0.2, 0) is 9.53 Å². The number of methoxy groups -OCH3 is 1. The SMILES string of the molecule is COC1(C2=Cc3c(N[C@H](C)c4cccc(C(F)F)c4F)nc(C)c(/C=C\[C@@H]4CCCN4C)c3N(C)C2)CCN(C(C)=O)CC1. The molecule has 10 heteroatoms. The van der Waals surface area contributed by atoms with Crippen LogP contribution in [-0.4, -0.2) is 79.7 Å². The van der Waals surface area contributed by atoms with Gasteiger partial charge >= 0.3 is 0 Å². The molecule has 0 saturated carbocycles. The lowest BCUT2D eigenvalue weighted by Crippen LogP contribution is -2.50. The van der Waals surface area contributed by atoms with Crippen molar-refractivity contribution >= 4 is 29.6 Å². The number of benzene rings is 1. The number of aryl methyl sites for hydroxylation is 1. The molecule has 1 aromatic carbocycles. The molecule has 0 spiro atoms. The predicted octanol–water partition coefficient (Wildman–Crippen LogP) is 6.61. The fourth-order valence-electron chi connectivity index (χ4n) is 6.98. The smallest absolute Gasteiger partial charge is 0.266 e. The third-order valence-electron chi connectivity index (χ3n) is 9.71. The molecule has 7 nitrogen and oxygen atoms in total. The van der Waals surface area contributed by atoms with E-state index in [0.29, 0.717) is 44.3 Å². The summed E-state index contributed by atoms with van der Waals surface area (Å²) < 4.78 is 48.4. The maximum Gasteiger partial charge on any atom is 0.266 e. The summed E-state index contributed by atoms with van der Waals surface area (Å²) in [5.41, 5.74) is 3.76. The molecule has 44 heavy (non-hydrogen) atoms. The van der Waals surface area contributed by atoms with Crippen LogP contribution in [0, 0.1) is 12.7 Å². The summed E-state index contributed by atoms with van der Waals surface area (Å²) in [5, 5.41) is 3.37. The molecular formula is C34H44F3N5O2. The van der Waals surface area contributed by atoms with Crippen molar-refractivity contribution in [3.8, 4) is 0 Å². The fraction of sp³-hybridized carbons (Fsp3) is 0.529. The number of ether oxygens (including phenoxy) is 1. The highest BCUT2D eigenvalue weighted by Crippen LogP contribution is 2.44. The van der Waals surface area contributed by atoms with Crippen LogP contribution in [0.25, 0.3) is 12.2 Å². The Hall–Kier alpha value is -3.37. The van der Waals surface area contributed by atoms with Gasteiger partial charge in [-0.2, -0.15) is 0 Å². The van der Waals surface area contributed by atoms with Crippen molar-refractivity contribution < 1.29 is 22.7 Å². The highest BCUT2D eigenvalue weighted by Gasteiger charge is 2.41. The molecule has 1 N–H and O–H groups in total. The average molecular weight is 612 g/mol. The van der Waals surface area contributed by atoms with Crippen LogP contribution in [0.5, 0.6) is 0 Å². The summed E-state index contributed by atoms with van der Waals surface area (Å²) in [6.07, 6.45) is 7.26. The minimum Gasteiger partial charge on any atom is -0.374 e. The van der Waals surface area contributed by atoms with Crippen molar-refractivity contribution in [2.75, 3.05) is 57.6 Å². The van der Waals surface area contributed by atoms with Gasteiger partial charge in [-0.05, 0) is 64.8 Å². The van der Waals surface area contributed by atoms with E-state index in [1.165, 1.54) is 12.1 Å². The number of likely N-dealkylation sites (tertiary alicyclic amines) is 2. The zero-order chi connectivity index (χ0) is 31.8. The Balaban J connectivity index is 1.59. The quantitative estimate of drug-likeness (QED) is 0.363. The first kappa shape index (κ1) is 32.0. The van der Waals surface area contributed by atoms with Crippen molar-refractivity contribution in [2.24, 2.45) is 0 Å². The molecule has 5 rings (SSSR count). The molecule has 1 aromatic heterocycles. The lowest BCUT2D eigenvalue weighted by molar-refractivity contribution is -0.133. The van der Waals surface area contributed by atoms with E-state index in [1.807, 2.05) is 11.8 Å². The number of anilines is 2. The van der Waals surface area contributed by atoms with Gasteiger partial charge in [0.05, 0.1) is 22.9 Å². The number of hydrogen-bond donors (Lipinski definition) is 1. The Morgan fingerprint density at radius 3 is 2.50 bits per heavy atom. The lowest BCUT2D eigenvalue weighted by Gasteiger charge is -2.45. The zero-order valence-corrected chi connectivity index (χ0v) is 26.6. The molecule has 3 aliphatic heterocycles. The highest BCUT2D eigenvalue weighted by atomic mass is 19.3. The first-order valence-electron chi connectivity index (χ1n) is 15.4. The predicted molar refractivity (Wildman–Crippen MR) is 170 cm³/mol. The number of halogens is 3. The van der Waals surface area contributed by atoms with Crippen LogP contribution in [0.4, 0.5) is 24.7 Å². The average Bonchev–Trinajstić information content (AvgIpc) is 3.41. The summed E-state index contributed by atoms with van der Waals surface area (Å²) >= 11 is 0. The van der Waals surface area contributed by atoms with Gasteiger partial charge in [-0.15, -0.1) is 0 Å². The van der Waals surface area contributed by atoms with Crippen molar-refractivity contribution in [2.45, 2.75) is 70.6 Å². The van der Waals surface area contributed by atoms with E-state index in [0.717, 1.165) is 53.5 Å². The van der Waals surface area contributed by atoms with E-state index in [1.54, 1.807) is 21.0 Å². The van der Waals surface area contributed by atoms with Gasteiger partial charge in [-0.3, -0.25) is 9.69 Å². The standard InChI is InChI=1S/C34H44F3N5O2/c1-21(26-10-7-11-28(30(26)35)32(36)37)38-33-29-19-24(34(44-6)14-17-42(18-15-34)23(3)43)20-41(5)31(29)27(22(2)39-33)13-12-25-9-8-16-40(25)4/h7,10-13,19,21,25,32H,8-9,14-18,20H2,1-6H3,(H,38,39)/b13-12-/t21-,25+/m1/s1. The number of pyridine rings is 1. The topological polar surface area (TPSA) is 60.9 Å². The van der Waals surface area contributed by atoms with Crippen molar-refractivity contribution in [1.29, 1.82) is 0 Å². The number of aromatic nitrogens is 1. The number of nitrogens with zero attached hydrogens (tertiary/aromatic N) is 4. The first-order chi connectivity index (χ1) is 21.0. The van der Waals surface area contributed by atoms with Gasteiger partial charge in [0.2, 0.25) is 5.91 Å². The third kappa shape index (κ3) is 6.11. The van der Waals surface area contributed by atoms with Crippen molar-refractivity contribution in [3.63, 3.8) is 0 Å². The minimum absolute atomic E-state index is 0.0578. The van der Waals surface area contributed by atoms with Crippen LogP contribution in [0.1, 0.15) is 79.9 Å². The first-order valence-corrected chi connectivity index (χ1v) is 15.4. The second kappa shape index (κ2) is 12.9.